The third-order valence-electron chi connectivity index (χ3n) is 3.11. The number of rotatable bonds is 5. The van der Waals surface area contributed by atoms with Gasteiger partial charge in [0.2, 0.25) is 5.91 Å². The third-order valence-corrected chi connectivity index (χ3v) is 3.82. The van der Waals surface area contributed by atoms with Crippen molar-refractivity contribution >= 4 is 40.8 Å². The van der Waals surface area contributed by atoms with E-state index in [1.807, 2.05) is 0 Å². The van der Waals surface area contributed by atoms with Crippen molar-refractivity contribution in [3.63, 3.8) is 0 Å². The summed E-state index contributed by atoms with van der Waals surface area (Å²) in [6.07, 6.45) is 0.111. The summed E-state index contributed by atoms with van der Waals surface area (Å²) in [7, 11) is 0. The number of amides is 3. The Morgan fingerprint density at radius 1 is 1.00 bits per heavy atom. The first kappa shape index (κ1) is 17.1. The molecule has 0 saturated heterocycles. The average Bonchev–Trinajstić information content (AvgIpc) is 2.50. The Morgan fingerprint density at radius 2 is 1.61 bits per heavy atom. The monoisotopic (exact) mass is 351 g/mol. The lowest BCUT2D eigenvalue weighted by molar-refractivity contribution is -0.120. The van der Waals surface area contributed by atoms with Gasteiger partial charge in [0.25, 0.3) is 0 Å². The van der Waals surface area contributed by atoms with Gasteiger partial charge in [0.15, 0.2) is 0 Å². The van der Waals surface area contributed by atoms with Gasteiger partial charge >= 0.3 is 6.03 Å². The van der Waals surface area contributed by atoms with Gasteiger partial charge in [0.1, 0.15) is 0 Å². The van der Waals surface area contributed by atoms with Gasteiger partial charge in [-0.1, -0.05) is 41.4 Å². The van der Waals surface area contributed by atoms with E-state index in [0.29, 0.717) is 27.8 Å². The quantitative estimate of drug-likeness (QED) is 0.771. The van der Waals surface area contributed by atoms with E-state index in [0.717, 1.165) is 5.56 Å². The number of benzene rings is 2. The molecule has 2 aromatic rings. The summed E-state index contributed by atoms with van der Waals surface area (Å²) >= 11 is 12.1. The van der Waals surface area contributed by atoms with Crippen LogP contribution in [0, 0.1) is 0 Å². The lowest BCUT2D eigenvalue weighted by Gasteiger charge is -2.09. The summed E-state index contributed by atoms with van der Waals surface area (Å²) < 4.78 is 0. The molecule has 4 N–H and O–H groups in total. The highest BCUT2D eigenvalue weighted by molar-refractivity contribution is 6.36. The van der Waals surface area contributed by atoms with Crippen molar-refractivity contribution < 1.29 is 9.59 Å². The van der Waals surface area contributed by atoms with Crippen LogP contribution >= 0.6 is 23.2 Å². The Kier molecular flexibility index (Phi) is 5.84. The van der Waals surface area contributed by atoms with E-state index in [9.17, 15) is 9.59 Å². The standard InChI is InChI=1S/C16H15Cl2N3O2/c17-13-2-1-3-14(18)12(13)8-15(22)20-9-10-4-6-11(7-5-10)21-16(19)23/h1-7H,8-9H2,(H,20,22)(H3,19,21,23). The molecule has 2 rings (SSSR count). The number of carbonyl (C=O) groups is 2. The second-order valence-electron chi connectivity index (χ2n) is 4.84. The van der Waals surface area contributed by atoms with Gasteiger partial charge in [0.05, 0.1) is 6.42 Å². The minimum Gasteiger partial charge on any atom is -0.352 e. The zero-order valence-corrected chi connectivity index (χ0v) is 13.6. The molecule has 0 spiro atoms. The number of nitrogens with one attached hydrogen (secondary N) is 2. The van der Waals surface area contributed by atoms with Gasteiger partial charge in [-0.15, -0.1) is 0 Å². The second kappa shape index (κ2) is 7.85. The molecule has 0 unspecified atom stereocenters. The van der Waals surface area contributed by atoms with E-state index >= 15 is 0 Å². The molecule has 2 aromatic carbocycles. The smallest absolute Gasteiger partial charge is 0.316 e. The van der Waals surface area contributed by atoms with E-state index in [-0.39, 0.29) is 12.3 Å². The maximum Gasteiger partial charge on any atom is 0.316 e. The van der Waals surface area contributed by atoms with Crippen LogP contribution in [-0.2, 0) is 17.8 Å². The summed E-state index contributed by atoms with van der Waals surface area (Å²) in [5, 5.41) is 6.19. The number of hydrogen-bond donors (Lipinski definition) is 3. The highest BCUT2D eigenvalue weighted by atomic mass is 35.5. The number of halogens is 2. The molecule has 0 heterocycles. The molecule has 7 heteroatoms. The predicted octanol–water partition coefficient (Wildman–Crippen LogP) is 3.34. The number of carbonyl (C=O) groups excluding carboxylic acids is 2. The molecule has 0 saturated carbocycles. The van der Waals surface area contributed by atoms with Gasteiger partial charge in [-0.2, -0.15) is 0 Å². The van der Waals surface area contributed by atoms with Gasteiger partial charge in [-0.3, -0.25) is 4.79 Å². The lowest BCUT2D eigenvalue weighted by atomic mass is 10.1. The molecule has 0 aliphatic heterocycles. The highest BCUT2D eigenvalue weighted by Crippen LogP contribution is 2.24. The van der Waals surface area contributed by atoms with Crippen molar-refractivity contribution in [3.05, 3.63) is 63.6 Å². The van der Waals surface area contributed by atoms with Crippen LogP contribution in [0.3, 0.4) is 0 Å². The summed E-state index contributed by atoms with van der Waals surface area (Å²) in [5.74, 6) is -0.181. The van der Waals surface area contributed by atoms with E-state index < -0.39 is 6.03 Å². The van der Waals surface area contributed by atoms with Gasteiger partial charge < -0.3 is 16.4 Å². The molecule has 0 fully saturated rings. The van der Waals surface area contributed by atoms with Crippen molar-refractivity contribution in [1.29, 1.82) is 0 Å². The zero-order chi connectivity index (χ0) is 16.8. The first-order chi connectivity index (χ1) is 11.0. The van der Waals surface area contributed by atoms with Crippen molar-refractivity contribution in [2.75, 3.05) is 5.32 Å². The van der Waals surface area contributed by atoms with E-state index in [2.05, 4.69) is 10.6 Å². The molecule has 0 bridgehead atoms. The van der Waals surface area contributed by atoms with Crippen LogP contribution in [0.25, 0.3) is 0 Å². The van der Waals surface area contributed by atoms with Crippen LogP contribution < -0.4 is 16.4 Å². The Balaban J connectivity index is 1.90. The van der Waals surface area contributed by atoms with Crippen molar-refractivity contribution in [3.8, 4) is 0 Å². The molecule has 0 radical (unpaired) electrons. The van der Waals surface area contributed by atoms with E-state index in [4.69, 9.17) is 28.9 Å². The third kappa shape index (κ3) is 5.16. The number of nitrogens with two attached hydrogens (primary N) is 1. The summed E-state index contributed by atoms with van der Waals surface area (Å²) in [5.41, 5.74) is 7.12. The maximum atomic E-state index is 12.0. The fourth-order valence-corrected chi connectivity index (χ4v) is 2.50. The first-order valence-electron chi connectivity index (χ1n) is 6.80. The van der Waals surface area contributed by atoms with Gasteiger partial charge in [0, 0.05) is 22.3 Å². The highest BCUT2D eigenvalue weighted by Gasteiger charge is 2.10. The number of primary amides is 1. The molecular formula is C16H15Cl2N3O2. The summed E-state index contributed by atoms with van der Waals surface area (Å²) in [6.45, 7) is 0.359. The maximum absolute atomic E-state index is 12.0. The van der Waals surface area contributed by atoms with Crippen LogP contribution in [0.15, 0.2) is 42.5 Å². The van der Waals surface area contributed by atoms with Gasteiger partial charge in [-0.25, -0.2) is 4.79 Å². The van der Waals surface area contributed by atoms with Crippen LogP contribution in [0.1, 0.15) is 11.1 Å². The Labute approximate surface area is 143 Å². The molecule has 23 heavy (non-hydrogen) atoms. The Bertz CT molecular complexity index is 698. The largest absolute Gasteiger partial charge is 0.352 e. The van der Waals surface area contributed by atoms with Crippen LogP contribution in [0.2, 0.25) is 10.0 Å². The molecule has 0 aliphatic carbocycles. The molecule has 0 aliphatic rings. The fourth-order valence-electron chi connectivity index (χ4n) is 1.97. The SMILES string of the molecule is NC(=O)Nc1ccc(CNC(=O)Cc2c(Cl)cccc2Cl)cc1. The molecule has 120 valence electrons. The average molecular weight is 352 g/mol. The van der Waals surface area contributed by atoms with Crippen molar-refractivity contribution in [2.24, 2.45) is 5.73 Å². The predicted molar refractivity (Wildman–Crippen MR) is 91.7 cm³/mol. The van der Waals surface area contributed by atoms with E-state index in [1.54, 1.807) is 42.5 Å². The molecule has 0 aromatic heterocycles. The molecule has 0 atom stereocenters. The van der Waals surface area contributed by atoms with Gasteiger partial charge in [-0.05, 0) is 35.4 Å². The van der Waals surface area contributed by atoms with E-state index in [1.165, 1.54) is 0 Å². The fraction of sp³-hybridized carbons (Fsp3) is 0.125. The molecular weight excluding hydrogens is 337 g/mol. The van der Waals surface area contributed by atoms with Crippen LogP contribution in [0.4, 0.5) is 10.5 Å². The minimum atomic E-state index is -0.623. The molecule has 5 nitrogen and oxygen atoms in total. The Hall–Kier alpha value is -2.24. The second-order valence-corrected chi connectivity index (χ2v) is 5.65. The number of anilines is 1. The Morgan fingerprint density at radius 3 is 2.17 bits per heavy atom. The van der Waals surface area contributed by atoms with Crippen molar-refractivity contribution in [1.82, 2.24) is 5.32 Å². The molecule has 3 amide bonds. The number of hydrogen-bond acceptors (Lipinski definition) is 2. The lowest BCUT2D eigenvalue weighted by Crippen LogP contribution is -2.24. The topological polar surface area (TPSA) is 84.2 Å². The van der Waals surface area contributed by atoms with Crippen LogP contribution in [0.5, 0.6) is 0 Å². The first-order valence-corrected chi connectivity index (χ1v) is 7.56. The summed E-state index contributed by atoms with van der Waals surface area (Å²) in [6, 6.07) is 11.5. The normalized spacial score (nSPS) is 10.2. The zero-order valence-electron chi connectivity index (χ0n) is 12.1. The minimum absolute atomic E-state index is 0.111. The number of urea groups is 1. The summed E-state index contributed by atoms with van der Waals surface area (Å²) in [4.78, 5) is 22.7. The van der Waals surface area contributed by atoms with Crippen LogP contribution in [-0.4, -0.2) is 11.9 Å². The van der Waals surface area contributed by atoms with Crippen molar-refractivity contribution in [2.45, 2.75) is 13.0 Å².